The van der Waals surface area contributed by atoms with Crippen LogP contribution in [0.1, 0.15) is 16.7 Å². The molecule has 0 aliphatic carbocycles. The number of hydrogen-bond donors (Lipinski definition) is 0. The van der Waals surface area contributed by atoms with Crippen LogP contribution in [0.2, 0.25) is 0 Å². The third-order valence-corrected chi connectivity index (χ3v) is 6.23. The predicted molar refractivity (Wildman–Crippen MR) is 109 cm³/mol. The number of nitrogens with zero attached hydrogens (tertiary/aromatic N) is 2. The second-order valence-corrected chi connectivity index (χ2v) is 8.40. The van der Waals surface area contributed by atoms with Crippen molar-refractivity contribution in [2.24, 2.45) is 0 Å². The van der Waals surface area contributed by atoms with Crippen molar-refractivity contribution in [1.29, 1.82) is 0 Å². The van der Waals surface area contributed by atoms with Crippen molar-refractivity contribution in [3.63, 3.8) is 0 Å². The normalized spacial score (nSPS) is 11.2. The van der Waals surface area contributed by atoms with Gasteiger partial charge in [0, 0.05) is 11.6 Å². The summed E-state index contributed by atoms with van der Waals surface area (Å²) in [6, 6.07) is 20.3. The standard InChI is InChI=1S/C21H20N2O4S/c1-16-8-11-19(12-9-16)22(15-18-6-4-3-5-7-18)28(26,27)20-13-10-17(2)21(14-20)23(24)25/h3-14H,15H2,1-2H3. The number of benzene rings is 3. The molecule has 0 fully saturated rings. The highest BCUT2D eigenvalue weighted by Crippen LogP contribution is 2.29. The maximum absolute atomic E-state index is 13.4. The van der Waals surface area contributed by atoms with Crippen molar-refractivity contribution in [2.45, 2.75) is 25.3 Å². The number of anilines is 1. The van der Waals surface area contributed by atoms with E-state index < -0.39 is 14.9 Å². The fourth-order valence-corrected chi connectivity index (χ4v) is 4.32. The number of nitro groups is 1. The van der Waals surface area contributed by atoms with E-state index in [1.165, 1.54) is 16.4 Å². The Kier molecular flexibility index (Phi) is 5.46. The van der Waals surface area contributed by atoms with Gasteiger partial charge in [-0.25, -0.2) is 8.42 Å². The summed E-state index contributed by atoms with van der Waals surface area (Å²) in [5.74, 6) is 0. The fourth-order valence-electron chi connectivity index (χ4n) is 2.85. The van der Waals surface area contributed by atoms with Crippen molar-refractivity contribution >= 4 is 21.4 Å². The molecule has 3 rings (SSSR count). The molecule has 0 aliphatic rings. The maximum Gasteiger partial charge on any atom is 0.273 e. The highest BCUT2D eigenvalue weighted by molar-refractivity contribution is 7.92. The highest BCUT2D eigenvalue weighted by atomic mass is 32.2. The molecule has 0 saturated carbocycles. The molecule has 0 spiro atoms. The zero-order valence-corrected chi connectivity index (χ0v) is 16.4. The van der Waals surface area contributed by atoms with Gasteiger partial charge in [-0.15, -0.1) is 0 Å². The monoisotopic (exact) mass is 396 g/mol. The van der Waals surface area contributed by atoms with Gasteiger partial charge in [-0.1, -0.05) is 54.1 Å². The molecule has 0 amide bonds. The molecule has 7 heteroatoms. The molecule has 28 heavy (non-hydrogen) atoms. The minimum atomic E-state index is -4.01. The van der Waals surface area contributed by atoms with E-state index in [-0.39, 0.29) is 17.1 Å². The minimum Gasteiger partial charge on any atom is -0.262 e. The number of hydrogen-bond acceptors (Lipinski definition) is 4. The van der Waals surface area contributed by atoms with Gasteiger partial charge in [0.15, 0.2) is 0 Å². The zero-order chi connectivity index (χ0) is 20.3. The number of rotatable bonds is 6. The van der Waals surface area contributed by atoms with Crippen LogP contribution in [0.5, 0.6) is 0 Å². The Hall–Kier alpha value is -3.19. The van der Waals surface area contributed by atoms with Gasteiger partial charge in [0.25, 0.3) is 15.7 Å². The van der Waals surface area contributed by atoms with Crippen LogP contribution in [0, 0.1) is 24.0 Å². The molecule has 0 bridgehead atoms. The third-order valence-electron chi connectivity index (χ3n) is 4.46. The maximum atomic E-state index is 13.4. The summed E-state index contributed by atoms with van der Waals surface area (Å²) in [6.45, 7) is 3.62. The first-order chi connectivity index (χ1) is 13.3. The van der Waals surface area contributed by atoms with Crippen LogP contribution in [0.3, 0.4) is 0 Å². The molecule has 0 aliphatic heterocycles. The van der Waals surface area contributed by atoms with Gasteiger partial charge in [-0.3, -0.25) is 14.4 Å². The molecule has 0 unspecified atom stereocenters. The van der Waals surface area contributed by atoms with Crippen molar-refractivity contribution < 1.29 is 13.3 Å². The van der Waals surface area contributed by atoms with E-state index in [1.807, 2.05) is 49.4 Å². The van der Waals surface area contributed by atoms with Crippen LogP contribution in [0.4, 0.5) is 11.4 Å². The van der Waals surface area contributed by atoms with Crippen molar-refractivity contribution in [3.05, 3.63) is 99.6 Å². The predicted octanol–water partition coefficient (Wildman–Crippen LogP) is 4.61. The van der Waals surface area contributed by atoms with E-state index in [2.05, 4.69) is 0 Å². The summed E-state index contributed by atoms with van der Waals surface area (Å²) in [6.07, 6.45) is 0. The first-order valence-corrected chi connectivity index (χ1v) is 10.1. The number of aryl methyl sites for hydroxylation is 2. The van der Waals surface area contributed by atoms with Gasteiger partial charge in [0.2, 0.25) is 0 Å². The Bertz CT molecular complexity index is 1100. The van der Waals surface area contributed by atoms with Gasteiger partial charge >= 0.3 is 0 Å². The quantitative estimate of drug-likeness (QED) is 0.450. The topological polar surface area (TPSA) is 80.5 Å². The van der Waals surface area contributed by atoms with E-state index in [1.54, 1.807) is 19.1 Å². The van der Waals surface area contributed by atoms with E-state index in [0.717, 1.165) is 17.2 Å². The lowest BCUT2D eigenvalue weighted by Gasteiger charge is -2.25. The molecular weight excluding hydrogens is 376 g/mol. The Morgan fingerprint density at radius 1 is 0.929 bits per heavy atom. The lowest BCUT2D eigenvalue weighted by Crippen LogP contribution is -2.30. The second kappa shape index (κ2) is 7.82. The summed E-state index contributed by atoms with van der Waals surface area (Å²) in [5.41, 5.74) is 2.51. The second-order valence-electron chi connectivity index (χ2n) is 6.54. The van der Waals surface area contributed by atoms with Crippen LogP contribution in [-0.2, 0) is 16.6 Å². The average Bonchev–Trinajstić information content (AvgIpc) is 2.67. The molecule has 0 atom stereocenters. The largest absolute Gasteiger partial charge is 0.273 e. The zero-order valence-electron chi connectivity index (χ0n) is 15.6. The molecular formula is C21H20N2O4S. The average molecular weight is 396 g/mol. The van der Waals surface area contributed by atoms with Gasteiger partial charge in [0.1, 0.15) is 0 Å². The van der Waals surface area contributed by atoms with E-state index >= 15 is 0 Å². The van der Waals surface area contributed by atoms with Crippen molar-refractivity contribution in [3.8, 4) is 0 Å². The minimum absolute atomic E-state index is 0.110. The van der Waals surface area contributed by atoms with Gasteiger partial charge in [-0.2, -0.15) is 0 Å². The van der Waals surface area contributed by atoms with Crippen LogP contribution < -0.4 is 4.31 Å². The lowest BCUT2D eigenvalue weighted by molar-refractivity contribution is -0.385. The Labute approximate surface area is 164 Å². The third kappa shape index (κ3) is 4.04. The van der Waals surface area contributed by atoms with Crippen LogP contribution in [-0.4, -0.2) is 13.3 Å². The smallest absolute Gasteiger partial charge is 0.262 e. The van der Waals surface area contributed by atoms with Crippen LogP contribution in [0.15, 0.2) is 77.7 Å². The molecule has 3 aromatic rings. The summed E-state index contributed by atoms with van der Waals surface area (Å²) in [4.78, 5) is 10.6. The summed E-state index contributed by atoms with van der Waals surface area (Å²) in [5, 5.41) is 11.3. The van der Waals surface area contributed by atoms with Crippen molar-refractivity contribution in [1.82, 2.24) is 0 Å². The Balaban J connectivity index is 2.11. The van der Waals surface area contributed by atoms with Crippen LogP contribution in [0.25, 0.3) is 0 Å². The van der Waals surface area contributed by atoms with E-state index in [0.29, 0.717) is 11.3 Å². The SMILES string of the molecule is Cc1ccc(N(Cc2ccccc2)S(=O)(=O)c2ccc(C)c([N+](=O)[O-])c2)cc1. The number of sulfonamides is 1. The van der Waals surface area contributed by atoms with E-state index in [4.69, 9.17) is 0 Å². The molecule has 0 saturated heterocycles. The molecule has 0 aromatic heterocycles. The van der Waals surface area contributed by atoms with Gasteiger partial charge in [0.05, 0.1) is 22.1 Å². The molecule has 6 nitrogen and oxygen atoms in total. The first-order valence-electron chi connectivity index (χ1n) is 8.67. The molecule has 3 aromatic carbocycles. The molecule has 0 N–H and O–H groups in total. The summed E-state index contributed by atoms with van der Waals surface area (Å²) >= 11 is 0. The fraction of sp³-hybridized carbons (Fsp3) is 0.143. The Morgan fingerprint density at radius 3 is 2.18 bits per heavy atom. The van der Waals surface area contributed by atoms with Crippen molar-refractivity contribution in [2.75, 3.05) is 4.31 Å². The van der Waals surface area contributed by atoms with Crippen LogP contribution >= 0.6 is 0 Å². The summed E-state index contributed by atoms with van der Waals surface area (Å²) in [7, 11) is -4.01. The van der Waals surface area contributed by atoms with Gasteiger partial charge < -0.3 is 0 Å². The highest BCUT2D eigenvalue weighted by Gasteiger charge is 2.27. The molecule has 0 radical (unpaired) electrons. The number of nitro benzene ring substituents is 1. The van der Waals surface area contributed by atoms with Gasteiger partial charge in [-0.05, 0) is 37.6 Å². The molecule has 144 valence electrons. The Morgan fingerprint density at radius 2 is 1.57 bits per heavy atom. The first kappa shape index (κ1) is 19.6. The summed E-state index contributed by atoms with van der Waals surface area (Å²) < 4.78 is 28.1. The van der Waals surface area contributed by atoms with E-state index in [9.17, 15) is 18.5 Å². The molecule has 0 heterocycles. The lowest BCUT2D eigenvalue weighted by atomic mass is 10.2.